The summed E-state index contributed by atoms with van der Waals surface area (Å²) >= 11 is 5.68. The van der Waals surface area contributed by atoms with Gasteiger partial charge in [-0.05, 0) is 18.2 Å². The summed E-state index contributed by atoms with van der Waals surface area (Å²) in [6.07, 6.45) is -0.341. The Labute approximate surface area is 92.1 Å². The van der Waals surface area contributed by atoms with Crippen molar-refractivity contribution in [1.82, 2.24) is 0 Å². The van der Waals surface area contributed by atoms with Crippen LogP contribution < -0.4 is 4.74 Å². The van der Waals surface area contributed by atoms with Crippen LogP contribution in [0.15, 0.2) is 18.2 Å². The van der Waals surface area contributed by atoms with Crippen LogP contribution in [0.5, 0.6) is 5.75 Å². The summed E-state index contributed by atoms with van der Waals surface area (Å²) in [7, 11) is 0. The summed E-state index contributed by atoms with van der Waals surface area (Å²) < 4.78 is 5.14. The zero-order valence-electron chi connectivity index (χ0n) is 7.89. The third-order valence-corrected chi connectivity index (χ3v) is 1.98. The number of hydrogen-bond donors (Lipinski definition) is 2. The summed E-state index contributed by atoms with van der Waals surface area (Å²) in [5.41, 5.74) is 0.313. The van der Waals surface area contributed by atoms with Gasteiger partial charge in [0.15, 0.2) is 6.29 Å². The number of aliphatic hydroxyl groups excluding tert-OH is 2. The highest BCUT2D eigenvalue weighted by atomic mass is 35.5. The largest absolute Gasteiger partial charge is 0.490 e. The van der Waals surface area contributed by atoms with Crippen molar-refractivity contribution in [3.05, 3.63) is 28.8 Å². The van der Waals surface area contributed by atoms with Gasteiger partial charge in [-0.1, -0.05) is 11.6 Å². The number of hydrogen-bond acceptors (Lipinski definition) is 4. The topological polar surface area (TPSA) is 66.8 Å². The molecule has 15 heavy (non-hydrogen) atoms. The predicted molar refractivity (Wildman–Crippen MR) is 55.4 cm³/mol. The van der Waals surface area contributed by atoms with Gasteiger partial charge in [0.05, 0.1) is 12.2 Å². The number of halogens is 1. The highest BCUT2D eigenvalue weighted by Crippen LogP contribution is 2.21. The molecule has 0 saturated heterocycles. The maximum absolute atomic E-state index is 10.6. The van der Waals surface area contributed by atoms with E-state index in [4.69, 9.17) is 26.6 Å². The van der Waals surface area contributed by atoms with Gasteiger partial charge in [0.1, 0.15) is 18.5 Å². The van der Waals surface area contributed by atoms with E-state index in [0.29, 0.717) is 22.6 Å². The minimum absolute atomic E-state index is 0.0705. The molecule has 1 aromatic rings. The second-order valence-electron chi connectivity index (χ2n) is 2.95. The van der Waals surface area contributed by atoms with Crippen LogP contribution in [0.1, 0.15) is 10.4 Å². The zero-order valence-corrected chi connectivity index (χ0v) is 8.65. The molecule has 5 heteroatoms. The van der Waals surface area contributed by atoms with Gasteiger partial charge in [-0.25, -0.2) is 0 Å². The SMILES string of the molecule is O=Cc1cc(Cl)ccc1OCC(O)CO. The van der Waals surface area contributed by atoms with Crippen molar-refractivity contribution in [2.45, 2.75) is 6.10 Å². The summed E-state index contributed by atoms with van der Waals surface area (Å²) in [4.78, 5) is 10.6. The Balaban J connectivity index is 2.72. The number of carbonyl (C=O) groups is 1. The molecule has 82 valence electrons. The van der Waals surface area contributed by atoms with Gasteiger partial charge < -0.3 is 14.9 Å². The van der Waals surface area contributed by atoms with Crippen LogP contribution in [0.4, 0.5) is 0 Å². The highest BCUT2D eigenvalue weighted by molar-refractivity contribution is 6.30. The van der Waals surface area contributed by atoms with Gasteiger partial charge in [0.2, 0.25) is 0 Å². The average Bonchev–Trinajstić information content (AvgIpc) is 2.26. The lowest BCUT2D eigenvalue weighted by Gasteiger charge is -2.11. The molecule has 0 heterocycles. The monoisotopic (exact) mass is 230 g/mol. The molecule has 0 fully saturated rings. The third-order valence-electron chi connectivity index (χ3n) is 1.74. The summed E-state index contributed by atoms with van der Waals surface area (Å²) in [5, 5.41) is 18.0. The Hall–Kier alpha value is -1.10. The van der Waals surface area contributed by atoms with E-state index in [0.717, 1.165) is 0 Å². The normalized spacial score (nSPS) is 12.2. The quantitative estimate of drug-likeness (QED) is 0.737. The Morgan fingerprint density at radius 1 is 1.53 bits per heavy atom. The number of benzene rings is 1. The first-order valence-electron chi connectivity index (χ1n) is 4.34. The van der Waals surface area contributed by atoms with Crippen molar-refractivity contribution >= 4 is 17.9 Å². The standard InChI is InChI=1S/C10H11ClO4/c11-8-1-2-10(7(3-8)4-12)15-6-9(14)5-13/h1-4,9,13-14H,5-6H2. The molecule has 0 radical (unpaired) electrons. The number of ether oxygens (including phenoxy) is 1. The molecule has 0 bridgehead atoms. The van der Waals surface area contributed by atoms with E-state index >= 15 is 0 Å². The Morgan fingerprint density at radius 2 is 2.27 bits per heavy atom. The Morgan fingerprint density at radius 3 is 2.87 bits per heavy atom. The Bertz CT molecular complexity index is 340. The lowest BCUT2D eigenvalue weighted by Crippen LogP contribution is -2.21. The molecular formula is C10H11ClO4. The molecule has 4 nitrogen and oxygen atoms in total. The van der Waals surface area contributed by atoms with Crippen LogP contribution in [0.2, 0.25) is 5.02 Å². The highest BCUT2D eigenvalue weighted by Gasteiger charge is 2.07. The van der Waals surface area contributed by atoms with E-state index in [1.54, 1.807) is 6.07 Å². The molecule has 0 aliphatic carbocycles. The minimum atomic E-state index is -0.958. The number of rotatable bonds is 5. The smallest absolute Gasteiger partial charge is 0.153 e. The molecule has 0 aromatic heterocycles. The van der Waals surface area contributed by atoms with E-state index in [2.05, 4.69) is 0 Å². The molecule has 1 rings (SSSR count). The first-order valence-corrected chi connectivity index (χ1v) is 4.71. The van der Waals surface area contributed by atoms with Crippen molar-refractivity contribution in [3.8, 4) is 5.75 Å². The maximum Gasteiger partial charge on any atom is 0.153 e. The molecule has 1 unspecified atom stereocenters. The molecule has 0 saturated carbocycles. The van der Waals surface area contributed by atoms with Gasteiger partial charge in [0.25, 0.3) is 0 Å². The van der Waals surface area contributed by atoms with Crippen LogP contribution in [0, 0.1) is 0 Å². The average molecular weight is 231 g/mol. The van der Waals surface area contributed by atoms with Crippen molar-refractivity contribution in [2.75, 3.05) is 13.2 Å². The van der Waals surface area contributed by atoms with Gasteiger partial charge in [-0.3, -0.25) is 4.79 Å². The molecule has 1 atom stereocenters. The predicted octanol–water partition coefficient (Wildman–Crippen LogP) is 0.884. The van der Waals surface area contributed by atoms with Crippen LogP contribution in [-0.4, -0.2) is 35.8 Å². The Kier molecular flexibility index (Phi) is 4.55. The van der Waals surface area contributed by atoms with Gasteiger partial charge in [-0.2, -0.15) is 0 Å². The second-order valence-corrected chi connectivity index (χ2v) is 3.38. The summed E-state index contributed by atoms with van der Waals surface area (Å²) in [5.74, 6) is 0.335. The lowest BCUT2D eigenvalue weighted by atomic mass is 10.2. The molecule has 0 amide bonds. The number of aldehydes is 1. The molecule has 0 aliphatic rings. The number of aliphatic hydroxyl groups is 2. The maximum atomic E-state index is 10.6. The van der Waals surface area contributed by atoms with E-state index in [9.17, 15) is 4.79 Å². The first-order chi connectivity index (χ1) is 7.17. The van der Waals surface area contributed by atoms with E-state index < -0.39 is 6.10 Å². The fourth-order valence-corrected chi connectivity index (χ4v) is 1.16. The van der Waals surface area contributed by atoms with Gasteiger partial charge >= 0.3 is 0 Å². The van der Waals surface area contributed by atoms with Crippen molar-refractivity contribution in [1.29, 1.82) is 0 Å². The van der Waals surface area contributed by atoms with Crippen LogP contribution >= 0.6 is 11.6 Å². The van der Waals surface area contributed by atoms with Gasteiger partial charge in [0, 0.05) is 5.02 Å². The van der Waals surface area contributed by atoms with Gasteiger partial charge in [-0.15, -0.1) is 0 Å². The van der Waals surface area contributed by atoms with Crippen LogP contribution in [0.3, 0.4) is 0 Å². The van der Waals surface area contributed by atoms with E-state index in [1.165, 1.54) is 12.1 Å². The first kappa shape index (κ1) is 12.0. The zero-order chi connectivity index (χ0) is 11.3. The van der Waals surface area contributed by atoms with Crippen LogP contribution in [0.25, 0.3) is 0 Å². The fourth-order valence-electron chi connectivity index (χ4n) is 0.982. The molecule has 1 aromatic carbocycles. The van der Waals surface area contributed by atoms with Crippen molar-refractivity contribution in [2.24, 2.45) is 0 Å². The van der Waals surface area contributed by atoms with Crippen molar-refractivity contribution < 1.29 is 19.7 Å². The third kappa shape index (κ3) is 3.51. The lowest BCUT2D eigenvalue weighted by molar-refractivity contribution is 0.0533. The van der Waals surface area contributed by atoms with Crippen molar-refractivity contribution in [3.63, 3.8) is 0 Å². The fraction of sp³-hybridized carbons (Fsp3) is 0.300. The molecule has 2 N–H and O–H groups in total. The van der Waals surface area contributed by atoms with Crippen LogP contribution in [-0.2, 0) is 0 Å². The minimum Gasteiger partial charge on any atom is -0.490 e. The van der Waals surface area contributed by atoms with E-state index in [-0.39, 0.29) is 13.2 Å². The number of carbonyl (C=O) groups excluding carboxylic acids is 1. The second kappa shape index (κ2) is 5.70. The molecule has 0 spiro atoms. The summed E-state index contributed by atoms with van der Waals surface area (Å²) in [6, 6.07) is 4.58. The molecular weight excluding hydrogens is 220 g/mol. The van der Waals surface area contributed by atoms with E-state index in [1.807, 2.05) is 0 Å². The summed E-state index contributed by atoms with van der Waals surface area (Å²) in [6.45, 7) is -0.455. The molecule has 0 aliphatic heterocycles.